The molecule has 0 bridgehead atoms. The highest BCUT2D eigenvalue weighted by Gasteiger charge is 2.18. The average molecular weight is 261 g/mol. The monoisotopic (exact) mass is 261 g/mol. The summed E-state index contributed by atoms with van der Waals surface area (Å²) in [5.41, 5.74) is 2.58. The molecule has 0 atom stereocenters. The van der Waals surface area contributed by atoms with E-state index in [0.29, 0.717) is 6.04 Å². The van der Waals surface area contributed by atoms with Crippen LogP contribution in [0.4, 0.5) is 11.4 Å². The van der Waals surface area contributed by atoms with Crippen molar-refractivity contribution >= 4 is 11.4 Å². The van der Waals surface area contributed by atoms with Crippen LogP contribution < -0.4 is 10.2 Å². The van der Waals surface area contributed by atoms with E-state index in [1.807, 2.05) is 0 Å². The van der Waals surface area contributed by atoms with Crippen LogP contribution in [0.15, 0.2) is 24.3 Å². The number of rotatable bonds is 5. The molecule has 1 saturated heterocycles. The van der Waals surface area contributed by atoms with Gasteiger partial charge in [0.25, 0.3) is 0 Å². The predicted molar refractivity (Wildman–Crippen MR) is 84.1 cm³/mol. The van der Waals surface area contributed by atoms with E-state index in [1.54, 1.807) is 0 Å². The summed E-state index contributed by atoms with van der Waals surface area (Å²) in [6, 6.07) is 9.54. The van der Waals surface area contributed by atoms with Crippen molar-refractivity contribution in [3.63, 3.8) is 0 Å². The van der Waals surface area contributed by atoms with Gasteiger partial charge in [-0.25, -0.2) is 0 Å². The van der Waals surface area contributed by atoms with Gasteiger partial charge >= 0.3 is 0 Å². The van der Waals surface area contributed by atoms with Gasteiger partial charge in [-0.2, -0.15) is 0 Å². The first kappa shape index (κ1) is 14.2. The molecule has 0 spiro atoms. The largest absolute Gasteiger partial charge is 0.385 e. The number of anilines is 2. The molecule has 1 heterocycles. The van der Waals surface area contributed by atoms with E-state index in [4.69, 9.17) is 0 Å². The summed E-state index contributed by atoms with van der Waals surface area (Å²) >= 11 is 0. The molecule has 0 unspecified atom stereocenters. The van der Waals surface area contributed by atoms with Crippen LogP contribution in [0, 0.1) is 0 Å². The molecular weight excluding hydrogens is 234 g/mol. The number of nitrogens with one attached hydrogen (secondary N) is 1. The number of hydrogen-bond acceptors (Lipinski definition) is 3. The molecule has 1 N–H and O–H groups in total. The second kappa shape index (κ2) is 6.80. The Bertz CT molecular complexity index is 364. The van der Waals surface area contributed by atoms with Gasteiger partial charge in [0, 0.05) is 50.1 Å². The first-order chi connectivity index (χ1) is 9.20. The zero-order valence-electron chi connectivity index (χ0n) is 12.5. The zero-order valence-corrected chi connectivity index (χ0v) is 12.5. The molecule has 1 aliphatic heterocycles. The van der Waals surface area contributed by atoms with E-state index in [2.05, 4.69) is 60.2 Å². The van der Waals surface area contributed by atoms with E-state index in [9.17, 15) is 0 Å². The number of piperazine rings is 1. The Morgan fingerprint density at radius 2 is 1.68 bits per heavy atom. The molecular formula is C16H27N3. The van der Waals surface area contributed by atoms with Crippen LogP contribution in [0.3, 0.4) is 0 Å². The third-order valence-electron chi connectivity index (χ3n) is 3.86. The van der Waals surface area contributed by atoms with Crippen LogP contribution in [0.25, 0.3) is 0 Å². The van der Waals surface area contributed by atoms with Crippen LogP contribution in [0.1, 0.15) is 27.2 Å². The highest BCUT2D eigenvalue weighted by atomic mass is 15.3. The lowest BCUT2D eigenvalue weighted by Gasteiger charge is -2.38. The molecule has 0 amide bonds. The number of hydrogen-bond donors (Lipinski definition) is 1. The Balaban J connectivity index is 1.89. The van der Waals surface area contributed by atoms with E-state index < -0.39 is 0 Å². The summed E-state index contributed by atoms with van der Waals surface area (Å²) in [5, 5.41) is 3.42. The molecule has 3 heteroatoms. The van der Waals surface area contributed by atoms with Crippen molar-refractivity contribution in [2.45, 2.75) is 33.2 Å². The number of nitrogens with zero attached hydrogens (tertiary/aromatic N) is 2. The molecule has 0 aromatic heterocycles. The van der Waals surface area contributed by atoms with Crippen LogP contribution in [0.2, 0.25) is 0 Å². The quantitative estimate of drug-likeness (QED) is 0.879. The average Bonchev–Trinajstić information content (AvgIpc) is 2.46. The fraction of sp³-hybridized carbons (Fsp3) is 0.625. The smallest absolute Gasteiger partial charge is 0.0368 e. The van der Waals surface area contributed by atoms with E-state index in [0.717, 1.165) is 19.6 Å². The molecule has 0 radical (unpaired) electrons. The van der Waals surface area contributed by atoms with Crippen molar-refractivity contribution in [2.75, 3.05) is 42.9 Å². The second-order valence-electron chi connectivity index (χ2n) is 5.59. The lowest BCUT2D eigenvalue weighted by molar-refractivity contribution is 0.209. The minimum absolute atomic E-state index is 0.669. The van der Waals surface area contributed by atoms with Crippen LogP contribution in [-0.2, 0) is 0 Å². The van der Waals surface area contributed by atoms with Crippen molar-refractivity contribution in [1.29, 1.82) is 0 Å². The summed E-state index contributed by atoms with van der Waals surface area (Å²) < 4.78 is 0. The van der Waals surface area contributed by atoms with Crippen molar-refractivity contribution in [3.8, 4) is 0 Å². The fourth-order valence-corrected chi connectivity index (χ4v) is 2.56. The maximum Gasteiger partial charge on any atom is 0.0368 e. The molecule has 1 fully saturated rings. The lowest BCUT2D eigenvalue weighted by Crippen LogP contribution is -2.48. The lowest BCUT2D eigenvalue weighted by atomic mass is 10.2. The Labute approximate surface area is 117 Å². The maximum absolute atomic E-state index is 3.42. The minimum atomic E-state index is 0.669. The number of benzene rings is 1. The zero-order chi connectivity index (χ0) is 13.7. The van der Waals surface area contributed by atoms with E-state index in [-0.39, 0.29) is 0 Å². The van der Waals surface area contributed by atoms with Gasteiger partial charge in [0.05, 0.1) is 0 Å². The summed E-state index contributed by atoms with van der Waals surface area (Å²) in [6.07, 6.45) is 1.17. The Morgan fingerprint density at radius 3 is 2.21 bits per heavy atom. The summed E-state index contributed by atoms with van der Waals surface area (Å²) in [6.45, 7) is 12.4. The van der Waals surface area contributed by atoms with Crippen LogP contribution >= 0.6 is 0 Å². The fourth-order valence-electron chi connectivity index (χ4n) is 2.56. The summed E-state index contributed by atoms with van der Waals surface area (Å²) in [4.78, 5) is 5.04. The van der Waals surface area contributed by atoms with Gasteiger partial charge in [-0.15, -0.1) is 0 Å². The highest BCUT2D eigenvalue weighted by Crippen LogP contribution is 2.20. The van der Waals surface area contributed by atoms with Gasteiger partial charge in [-0.1, -0.05) is 6.92 Å². The molecule has 106 valence electrons. The van der Waals surface area contributed by atoms with Crippen molar-refractivity contribution in [2.24, 2.45) is 0 Å². The predicted octanol–water partition coefficient (Wildman–Crippen LogP) is 3.04. The van der Waals surface area contributed by atoms with Gasteiger partial charge in [-0.3, -0.25) is 4.90 Å². The molecule has 1 aliphatic rings. The van der Waals surface area contributed by atoms with Crippen LogP contribution in [0.5, 0.6) is 0 Å². The standard InChI is InChI=1S/C16H27N3/c1-4-9-17-15-5-7-16(8-6-15)19-12-10-18(11-13-19)14(2)3/h5-8,14,17H,4,9-13H2,1-3H3. The summed E-state index contributed by atoms with van der Waals surface area (Å²) in [5.74, 6) is 0. The second-order valence-corrected chi connectivity index (χ2v) is 5.59. The van der Waals surface area contributed by atoms with Crippen molar-refractivity contribution in [1.82, 2.24) is 4.90 Å². The molecule has 19 heavy (non-hydrogen) atoms. The maximum atomic E-state index is 3.42. The highest BCUT2D eigenvalue weighted by molar-refractivity contribution is 5.55. The molecule has 0 aliphatic carbocycles. The van der Waals surface area contributed by atoms with Gasteiger partial charge in [0.2, 0.25) is 0 Å². The minimum Gasteiger partial charge on any atom is -0.385 e. The van der Waals surface area contributed by atoms with Crippen LogP contribution in [-0.4, -0.2) is 43.7 Å². The molecule has 1 aromatic rings. The van der Waals surface area contributed by atoms with Gasteiger partial charge in [0.1, 0.15) is 0 Å². The van der Waals surface area contributed by atoms with E-state index >= 15 is 0 Å². The van der Waals surface area contributed by atoms with Gasteiger partial charge < -0.3 is 10.2 Å². The third kappa shape index (κ3) is 3.87. The van der Waals surface area contributed by atoms with Gasteiger partial charge in [-0.05, 0) is 44.5 Å². The molecule has 2 rings (SSSR count). The Morgan fingerprint density at radius 1 is 1.05 bits per heavy atom. The SMILES string of the molecule is CCCNc1ccc(N2CCN(C(C)C)CC2)cc1. The topological polar surface area (TPSA) is 18.5 Å². The van der Waals surface area contributed by atoms with Crippen molar-refractivity contribution in [3.05, 3.63) is 24.3 Å². The first-order valence-corrected chi connectivity index (χ1v) is 7.53. The Hall–Kier alpha value is -1.22. The Kier molecular flexibility index (Phi) is 5.08. The molecule has 1 aromatic carbocycles. The molecule has 0 saturated carbocycles. The summed E-state index contributed by atoms with van der Waals surface area (Å²) in [7, 11) is 0. The van der Waals surface area contributed by atoms with Gasteiger partial charge in [0.15, 0.2) is 0 Å². The molecule has 3 nitrogen and oxygen atoms in total. The van der Waals surface area contributed by atoms with E-state index in [1.165, 1.54) is 30.9 Å². The first-order valence-electron chi connectivity index (χ1n) is 7.53. The van der Waals surface area contributed by atoms with Crippen molar-refractivity contribution < 1.29 is 0 Å². The normalized spacial score (nSPS) is 16.9. The third-order valence-corrected chi connectivity index (χ3v) is 3.86.